The molecule has 0 aliphatic carbocycles. The van der Waals surface area contributed by atoms with Gasteiger partial charge in [-0.15, -0.1) is 0 Å². The second kappa shape index (κ2) is 6.19. The molecule has 2 rings (SSSR count). The smallest absolute Gasteiger partial charge is 0.317 e. The number of hydrogen-bond acceptors (Lipinski definition) is 2. The Morgan fingerprint density at radius 2 is 2.21 bits per heavy atom. The predicted molar refractivity (Wildman–Crippen MR) is 68.5 cm³/mol. The van der Waals surface area contributed by atoms with E-state index in [1.807, 2.05) is 0 Å². The van der Waals surface area contributed by atoms with Crippen LogP contribution in [0.15, 0.2) is 24.3 Å². The quantitative estimate of drug-likeness (QED) is 0.887. The van der Waals surface area contributed by atoms with Crippen LogP contribution in [-0.2, 0) is 6.54 Å². The lowest BCUT2D eigenvalue weighted by Gasteiger charge is -2.29. The Bertz CT molecular complexity index is 480. The van der Waals surface area contributed by atoms with E-state index in [2.05, 4.69) is 11.4 Å². The fourth-order valence-corrected chi connectivity index (χ4v) is 2.16. The zero-order chi connectivity index (χ0) is 13.7. The molecule has 1 aromatic rings. The molecule has 0 spiro atoms. The number of amides is 2. The van der Waals surface area contributed by atoms with Crippen molar-refractivity contribution in [1.82, 2.24) is 10.2 Å². The van der Waals surface area contributed by atoms with Gasteiger partial charge in [0.1, 0.15) is 5.82 Å². The normalized spacial score (nSPS) is 18.7. The number of nitrogens with zero attached hydrogens (tertiary/aromatic N) is 2. The highest BCUT2D eigenvalue weighted by atomic mass is 19.1. The Kier molecular flexibility index (Phi) is 4.35. The van der Waals surface area contributed by atoms with Crippen molar-refractivity contribution in [2.24, 2.45) is 5.92 Å². The molecule has 100 valence electrons. The van der Waals surface area contributed by atoms with Crippen molar-refractivity contribution < 1.29 is 9.18 Å². The van der Waals surface area contributed by atoms with Gasteiger partial charge in [-0.05, 0) is 30.5 Å². The van der Waals surface area contributed by atoms with E-state index in [0.717, 1.165) is 18.4 Å². The van der Waals surface area contributed by atoms with Crippen LogP contribution in [0, 0.1) is 23.1 Å². The zero-order valence-corrected chi connectivity index (χ0v) is 10.6. The van der Waals surface area contributed by atoms with Gasteiger partial charge in [-0.1, -0.05) is 12.1 Å². The molecular weight excluding hydrogens is 245 g/mol. The summed E-state index contributed by atoms with van der Waals surface area (Å²) in [6.45, 7) is 1.55. The molecule has 5 heteroatoms. The van der Waals surface area contributed by atoms with Gasteiger partial charge in [0.2, 0.25) is 0 Å². The summed E-state index contributed by atoms with van der Waals surface area (Å²) in [4.78, 5) is 13.6. The van der Waals surface area contributed by atoms with Crippen LogP contribution >= 0.6 is 0 Å². The first-order chi connectivity index (χ1) is 9.19. The Morgan fingerprint density at radius 3 is 2.89 bits per heavy atom. The van der Waals surface area contributed by atoms with Gasteiger partial charge in [-0.2, -0.15) is 5.26 Å². The summed E-state index contributed by atoms with van der Waals surface area (Å²) in [5, 5.41) is 11.7. The van der Waals surface area contributed by atoms with Crippen molar-refractivity contribution in [2.75, 3.05) is 13.1 Å². The highest BCUT2D eigenvalue weighted by Crippen LogP contribution is 2.15. The lowest BCUT2D eigenvalue weighted by molar-refractivity contribution is 0.176. The molecular formula is C14H16FN3O. The summed E-state index contributed by atoms with van der Waals surface area (Å²) in [5.74, 6) is -0.353. The third-order valence-electron chi connectivity index (χ3n) is 3.25. The maximum atomic E-state index is 12.7. The largest absolute Gasteiger partial charge is 0.334 e. The summed E-state index contributed by atoms with van der Waals surface area (Å²) in [7, 11) is 0. The van der Waals surface area contributed by atoms with Crippen molar-refractivity contribution in [3.63, 3.8) is 0 Å². The third kappa shape index (κ3) is 3.68. The van der Waals surface area contributed by atoms with Crippen LogP contribution in [0.1, 0.15) is 18.4 Å². The number of likely N-dealkylation sites (tertiary alicyclic amines) is 1. The highest BCUT2D eigenvalue weighted by Gasteiger charge is 2.22. The number of carbonyl (C=O) groups is 1. The van der Waals surface area contributed by atoms with Gasteiger partial charge in [0.05, 0.1) is 12.0 Å². The van der Waals surface area contributed by atoms with Gasteiger partial charge in [0.25, 0.3) is 0 Å². The van der Waals surface area contributed by atoms with E-state index < -0.39 is 0 Å². The van der Waals surface area contributed by atoms with Crippen molar-refractivity contribution in [3.05, 3.63) is 35.6 Å². The van der Waals surface area contributed by atoms with E-state index in [-0.39, 0.29) is 17.8 Å². The van der Waals surface area contributed by atoms with Gasteiger partial charge in [0.15, 0.2) is 0 Å². The number of hydrogen-bond donors (Lipinski definition) is 1. The number of benzene rings is 1. The van der Waals surface area contributed by atoms with Crippen molar-refractivity contribution in [2.45, 2.75) is 19.4 Å². The van der Waals surface area contributed by atoms with Crippen molar-refractivity contribution in [3.8, 4) is 6.07 Å². The molecule has 1 aliphatic rings. The zero-order valence-electron chi connectivity index (χ0n) is 10.6. The number of urea groups is 1. The molecule has 1 N–H and O–H groups in total. The molecule has 1 aliphatic heterocycles. The fraction of sp³-hybridized carbons (Fsp3) is 0.429. The van der Waals surface area contributed by atoms with Gasteiger partial charge < -0.3 is 10.2 Å². The van der Waals surface area contributed by atoms with E-state index in [1.54, 1.807) is 17.0 Å². The molecule has 19 heavy (non-hydrogen) atoms. The molecule has 0 unspecified atom stereocenters. The summed E-state index contributed by atoms with van der Waals surface area (Å²) >= 11 is 0. The summed E-state index contributed by atoms with van der Waals surface area (Å²) in [6, 6.07) is 8.07. The first-order valence-electron chi connectivity index (χ1n) is 6.36. The number of rotatable bonds is 2. The van der Waals surface area contributed by atoms with E-state index in [4.69, 9.17) is 5.26 Å². The first-order valence-corrected chi connectivity index (χ1v) is 6.36. The van der Waals surface area contributed by atoms with Gasteiger partial charge in [-0.3, -0.25) is 0 Å². The summed E-state index contributed by atoms with van der Waals surface area (Å²) in [6.07, 6.45) is 1.72. The van der Waals surface area contributed by atoms with Crippen LogP contribution in [0.4, 0.5) is 9.18 Å². The second-order valence-electron chi connectivity index (χ2n) is 4.70. The van der Waals surface area contributed by atoms with Crippen LogP contribution < -0.4 is 5.32 Å². The average molecular weight is 261 g/mol. The number of halogens is 1. The Hall–Kier alpha value is -2.09. The van der Waals surface area contributed by atoms with Crippen LogP contribution in [0.25, 0.3) is 0 Å². The van der Waals surface area contributed by atoms with E-state index in [1.165, 1.54) is 12.1 Å². The highest BCUT2D eigenvalue weighted by molar-refractivity contribution is 5.74. The van der Waals surface area contributed by atoms with Crippen LogP contribution in [0.2, 0.25) is 0 Å². The maximum absolute atomic E-state index is 12.7. The average Bonchev–Trinajstić information content (AvgIpc) is 2.46. The standard InChI is InChI=1S/C14H16FN3O/c15-13-5-3-11(4-6-13)9-17-14(19)18-7-1-2-12(8-16)10-18/h3-6,12H,1-2,7,9-10H2,(H,17,19)/t12-/m0/s1. The monoisotopic (exact) mass is 261 g/mol. The molecule has 0 aromatic heterocycles. The Morgan fingerprint density at radius 1 is 1.47 bits per heavy atom. The minimum atomic E-state index is -0.289. The van der Waals surface area contributed by atoms with E-state index in [9.17, 15) is 9.18 Å². The number of nitrogens with one attached hydrogen (secondary N) is 1. The van der Waals surface area contributed by atoms with E-state index in [0.29, 0.717) is 19.6 Å². The first kappa shape index (κ1) is 13.3. The SMILES string of the molecule is N#C[C@@H]1CCCN(C(=O)NCc2ccc(F)cc2)C1. The minimum Gasteiger partial charge on any atom is -0.334 e. The molecule has 1 fully saturated rings. The number of nitriles is 1. The minimum absolute atomic E-state index is 0.0645. The molecule has 0 bridgehead atoms. The lowest BCUT2D eigenvalue weighted by atomic mass is 10.0. The molecule has 1 heterocycles. The predicted octanol–water partition coefficient (Wildman–Crippen LogP) is 2.27. The molecule has 1 saturated heterocycles. The summed E-state index contributed by atoms with van der Waals surface area (Å²) < 4.78 is 12.7. The lowest BCUT2D eigenvalue weighted by Crippen LogP contribution is -2.45. The second-order valence-corrected chi connectivity index (χ2v) is 4.70. The number of carbonyl (C=O) groups excluding carboxylic acids is 1. The number of piperidine rings is 1. The van der Waals surface area contributed by atoms with Gasteiger partial charge in [0, 0.05) is 19.6 Å². The molecule has 2 amide bonds. The van der Waals surface area contributed by atoms with E-state index >= 15 is 0 Å². The Balaban J connectivity index is 1.84. The molecule has 4 nitrogen and oxygen atoms in total. The molecule has 1 atom stereocenters. The third-order valence-corrected chi connectivity index (χ3v) is 3.25. The van der Waals surface area contributed by atoms with Crippen molar-refractivity contribution >= 4 is 6.03 Å². The molecule has 0 radical (unpaired) electrons. The maximum Gasteiger partial charge on any atom is 0.317 e. The van der Waals surface area contributed by atoms with Crippen LogP contribution in [0.5, 0.6) is 0 Å². The van der Waals surface area contributed by atoms with Crippen molar-refractivity contribution in [1.29, 1.82) is 5.26 Å². The molecule has 0 saturated carbocycles. The topological polar surface area (TPSA) is 56.1 Å². The van der Waals surface area contributed by atoms with Crippen LogP contribution in [-0.4, -0.2) is 24.0 Å². The van der Waals surface area contributed by atoms with Gasteiger partial charge in [-0.25, -0.2) is 9.18 Å². The fourth-order valence-electron chi connectivity index (χ4n) is 2.16. The Labute approximate surface area is 111 Å². The van der Waals surface area contributed by atoms with Crippen LogP contribution in [0.3, 0.4) is 0 Å². The molecule has 1 aromatic carbocycles. The van der Waals surface area contributed by atoms with Gasteiger partial charge >= 0.3 is 6.03 Å². The summed E-state index contributed by atoms with van der Waals surface area (Å²) in [5.41, 5.74) is 0.851.